The van der Waals surface area contributed by atoms with Gasteiger partial charge < -0.3 is 18.9 Å². The minimum absolute atomic E-state index is 0.295. The summed E-state index contributed by atoms with van der Waals surface area (Å²) in [5, 5.41) is 0. The summed E-state index contributed by atoms with van der Waals surface area (Å²) < 4.78 is 21.1. The second kappa shape index (κ2) is 9.56. The third kappa shape index (κ3) is 5.18. The van der Waals surface area contributed by atoms with Crippen LogP contribution in [0.5, 0.6) is 17.2 Å². The molecule has 0 atom stereocenters. The van der Waals surface area contributed by atoms with Gasteiger partial charge in [0.25, 0.3) is 0 Å². The molecule has 0 amide bonds. The number of hydrogen-bond donors (Lipinski definition) is 0. The van der Waals surface area contributed by atoms with Crippen LogP contribution in [0.2, 0.25) is 0 Å². The van der Waals surface area contributed by atoms with Gasteiger partial charge in [-0.1, -0.05) is 24.3 Å². The number of aryl methyl sites for hydroxylation is 4. The van der Waals surface area contributed by atoms with Crippen LogP contribution in [0.3, 0.4) is 0 Å². The number of methoxy groups -OCH3 is 2. The summed E-state index contributed by atoms with van der Waals surface area (Å²) in [6.45, 7) is 0.295. The molecule has 0 unspecified atom stereocenters. The van der Waals surface area contributed by atoms with E-state index in [0.717, 1.165) is 42.9 Å². The monoisotopic (exact) mass is 418 g/mol. The van der Waals surface area contributed by atoms with Gasteiger partial charge in [0.05, 0.1) is 19.8 Å². The Bertz CT molecular complexity index is 1060. The van der Waals surface area contributed by atoms with Crippen molar-refractivity contribution in [3.05, 3.63) is 88.5 Å². The summed E-state index contributed by atoms with van der Waals surface area (Å²) in [7, 11) is 3.09. The average Bonchev–Trinajstić information content (AvgIpc) is 3.29. The molecule has 0 spiro atoms. The van der Waals surface area contributed by atoms with Gasteiger partial charge in [-0.15, -0.1) is 0 Å². The maximum absolute atomic E-state index is 11.6. The Hall–Kier alpha value is -3.47. The van der Waals surface area contributed by atoms with Crippen LogP contribution in [0.4, 0.5) is 0 Å². The predicted octanol–water partition coefficient (Wildman–Crippen LogP) is 4.78. The first-order valence-corrected chi connectivity index (χ1v) is 10.4. The second-order valence-electron chi connectivity index (χ2n) is 7.57. The molecule has 0 fully saturated rings. The van der Waals surface area contributed by atoms with Gasteiger partial charge in [-0.25, -0.2) is 4.79 Å². The molecule has 0 radical (unpaired) electrons. The molecule has 1 aliphatic rings. The largest absolute Gasteiger partial charge is 0.497 e. The molecule has 0 N–H and O–H groups in total. The number of hydrogen-bond acceptors (Lipinski definition) is 5. The molecule has 1 aliphatic heterocycles. The van der Waals surface area contributed by atoms with Crippen molar-refractivity contribution in [2.75, 3.05) is 21.0 Å². The number of esters is 1. The van der Waals surface area contributed by atoms with Gasteiger partial charge in [-0.2, -0.15) is 0 Å². The zero-order valence-electron chi connectivity index (χ0n) is 17.9. The topological polar surface area (TPSA) is 54.0 Å². The third-order valence-electron chi connectivity index (χ3n) is 5.48. The van der Waals surface area contributed by atoms with Crippen molar-refractivity contribution >= 4 is 5.97 Å². The highest BCUT2D eigenvalue weighted by Gasteiger charge is 2.13. The van der Waals surface area contributed by atoms with Gasteiger partial charge >= 0.3 is 5.97 Å². The molecule has 0 saturated heterocycles. The van der Waals surface area contributed by atoms with Gasteiger partial charge in [0.2, 0.25) is 6.79 Å². The normalized spacial score (nSPS) is 11.9. The molecule has 1 heterocycles. The quantitative estimate of drug-likeness (QED) is 0.493. The highest BCUT2D eigenvalue weighted by atomic mass is 16.7. The zero-order chi connectivity index (χ0) is 21.6. The highest BCUT2D eigenvalue weighted by Crippen LogP contribution is 2.33. The molecule has 0 aliphatic carbocycles. The maximum Gasteiger partial charge on any atom is 0.337 e. The van der Waals surface area contributed by atoms with Crippen LogP contribution in [-0.2, 0) is 30.4 Å². The average molecular weight is 418 g/mol. The van der Waals surface area contributed by atoms with E-state index in [-0.39, 0.29) is 5.97 Å². The zero-order valence-corrected chi connectivity index (χ0v) is 17.9. The smallest absolute Gasteiger partial charge is 0.337 e. The summed E-state index contributed by atoms with van der Waals surface area (Å²) in [4.78, 5) is 11.6. The Morgan fingerprint density at radius 2 is 1.35 bits per heavy atom. The lowest BCUT2D eigenvalue weighted by atomic mass is 9.98. The van der Waals surface area contributed by atoms with Crippen LogP contribution < -0.4 is 14.2 Å². The van der Waals surface area contributed by atoms with Crippen molar-refractivity contribution in [3.63, 3.8) is 0 Å². The standard InChI is InChI=1S/C26H26O5/c1-28-23-14-20(5-3-18-7-10-22(11-8-18)26(27)29-2)13-21(15-23)6-4-19-9-12-24-25(16-19)31-17-30-24/h7-16H,3-6,17H2,1-2H3. The summed E-state index contributed by atoms with van der Waals surface area (Å²) in [5.74, 6) is 2.19. The first-order valence-electron chi connectivity index (χ1n) is 10.4. The van der Waals surface area contributed by atoms with Crippen LogP contribution >= 0.6 is 0 Å². The molecule has 5 nitrogen and oxygen atoms in total. The Morgan fingerprint density at radius 1 is 0.742 bits per heavy atom. The number of carbonyl (C=O) groups is 1. The molecule has 4 rings (SSSR count). The van der Waals surface area contributed by atoms with Crippen molar-refractivity contribution < 1.29 is 23.7 Å². The van der Waals surface area contributed by atoms with Gasteiger partial charge in [0.1, 0.15) is 5.75 Å². The minimum Gasteiger partial charge on any atom is -0.497 e. The lowest BCUT2D eigenvalue weighted by molar-refractivity contribution is 0.0600. The first kappa shape index (κ1) is 20.8. The lowest BCUT2D eigenvalue weighted by Gasteiger charge is -2.10. The number of ether oxygens (including phenoxy) is 4. The fourth-order valence-electron chi connectivity index (χ4n) is 3.73. The van der Waals surface area contributed by atoms with Crippen molar-refractivity contribution in [2.45, 2.75) is 25.7 Å². The summed E-state index contributed by atoms with van der Waals surface area (Å²) >= 11 is 0. The fraction of sp³-hybridized carbons (Fsp3) is 0.269. The van der Waals surface area contributed by atoms with E-state index in [1.54, 1.807) is 7.11 Å². The molecular weight excluding hydrogens is 392 g/mol. The summed E-state index contributed by atoms with van der Waals surface area (Å²) in [5.41, 5.74) is 5.44. The van der Waals surface area contributed by atoms with Crippen LogP contribution in [-0.4, -0.2) is 27.0 Å². The SMILES string of the molecule is COC(=O)c1ccc(CCc2cc(CCc3ccc4c(c3)OCO4)cc(OC)c2)cc1. The molecule has 3 aromatic carbocycles. The molecular formula is C26H26O5. The van der Waals surface area contributed by atoms with Gasteiger partial charge in [-0.3, -0.25) is 0 Å². The van der Waals surface area contributed by atoms with Crippen molar-refractivity contribution in [1.82, 2.24) is 0 Å². The Balaban J connectivity index is 1.40. The number of fused-ring (bicyclic) bond motifs is 1. The highest BCUT2D eigenvalue weighted by molar-refractivity contribution is 5.89. The Kier molecular flexibility index (Phi) is 6.41. The van der Waals surface area contributed by atoms with E-state index in [0.29, 0.717) is 12.4 Å². The Morgan fingerprint density at radius 3 is 2.03 bits per heavy atom. The minimum atomic E-state index is -0.313. The van der Waals surface area contributed by atoms with Crippen LogP contribution in [0.15, 0.2) is 60.7 Å². The summed E-state index contributed by atoms with van der Waals surface area (Å²) in [6.07, 6.45) is 3.61. The van der Waals surface area contributed by atoms with E-state index >= 15 is 0 Å². The molecule has 3 aromatic rings. The van der Waals surface area contributed by atoms with E-state index in [9.17, 15) is 4.79 Å². The van der Waals surface area contributed by atoms with Crippen molar-refractivity contribution in [2.24, 2.45) is 0 Å². The van der Waals surface area contributed by atoms with E-state index in [4.69, 9.17) is 18.9 Å². The van der Waals surface area contributed by atoms with Crippen LogP contribution in [0.1, 0.15) is 32.6 Å². The molecule has 31 heavy (non-hydrogen) atoms. The fourth-order valence-corrected chi connectivity index (χ4v) is 3.73. The predicted molar refractivity (Wildman–Crippen MR) is 118 cm³/mol. The van der Waals surface area contributed by atoms with Crippen LogP contribution in [0.25, 0.3) is 0 Å². The molecule has 0 aromatic heterocycles. The van der Waals surface area contributed by atoms with E-state index in [1.165, 1.54) is 29.4 Å². The maximum atomic E-state index is 11.6. The number of benzene rings is 3. The molecule has 0 bridgehead atoms. The lowest BCUT2D eigenvalue weighted by Crippen LogP contribution is -2.01. The van der Waals surface area contributed by atoms with Crippen LogP contribution in [0, 0.1) is 0 Å². The molecule has 160 valence electrons. The molecule has 5 heteroatoms. The molecule has 0 saturated carbocycles. The van der Waals surface area contributed by atoms with Gasteiger partial charge in [-0.05, 0) is 84.3 Å². The van der Waals surface area contributed by atoms with Crippen molar-refractivity contribution in [3.8, 4) is 17.2 Å². The van der Waals surface area contributed by atoms with Gasteiger partial charge in [0, 0.05) is 0 Å². The second-order valence-corrected chi connectivity index (χ2v) is 7.57. The van der Waals surface area contributed by atoms with E-state index in [2.05, 4.69) is 30.3 Å². The third-order valence-corrected chi connectivity index (χ3v) is 5.48. The first-order chi connectivity index (χ1) is 15.1. The number of carbonyl (C=O) groups excluding carboxylic acids is 1. The Labute approximate surface area is 182 Å². The van der Waals surface area contributed by atoms with E-state index in [1.807, 2.05) is 30.3 Å². The van der Waals surface area contributed by atoms with E-state index < -0.39 is 0 Å². The summed E-state index contributed by atoms with van der Waals surface area (Å²) in [6, 6.07) is 20.1. The van der Waals surface area contributed by atoms with Crippen molar-refractivity contribution in [1.29, 1.82) is 0 Å². The van der Waals surface area contributed by atoms with Gasteiger partial charge in [0.15, 0.2) is 11.5 Å². The number of rotatable bonds is 8.